The lowest BCUT2D eigenvalue weighted by molar-refractivity contribution is 0.462. The highest BCUT2D eigenvalue weighted by molar-refractivity contribution is 7.99. The Hall–Kier alpha value is -1.67. The molecule has 1 N–H and O–H groups in total. The third kappa shape index (κ3) is 3.68. The fraction of sp³-hybridized carbons (Fsp3) is 0.0667. The fourth-order valence-electron chi connectivity index (χ4n) is 1.47. The standard InChI is InChI=1S/C15H14OS/c16-14-10-4-5-11-15(14)17-12-6-9-13-7-2-1-3-8-13/h1-11,16H,12H2. The molecule has 0 aliphatic carbocycles. The van der Waals surface area contributed by atoms with Crippen molar-refractivity contribution < 1.29 is 5.11 Å². The molecule has 0 saturated carbocycles. The predicted molar refractivity (Wildman–Crippen MR) is 74.3 cm³/mol. The molecule has 17 heavy (non-hydrogen) atoms. The Balaban J connectivity index is 1.88. The topological polar surface area (TPSA) is 20.2 Å². The third-order valence-corrected chi connectivity index (χ3v) is 3.33. The van der Waals surface area contributed by atoms with Gasteiger partial charge in [-0.05, 0) is 17.7 Å². The van der Waals surface area contributed by atoms with Gasteiger partial charge < -0.3 is 5.11 Å². The first-order valence-electron chi connectivity index (χ1n) is 5.48. The van der Waals surface area contributed by atoms with Crippen molar-refractivity contribution in [2.45, 2.75) is 4.90 Å². The van der Waals surface area contributed by atoms with E-state index in [1.54, 1.807) is 17.8 Å². The van der Waals surface area contributed by atoms with Gasteiger partial charge in [-0.15, -0.1) is 11.8 Å². The van der Waals surface area contributed by atoms with Crippen molar-refractivity contribution in [2.75, 3.05) is 5.75 Å². The van der Waals surface area contributed by atoms with Crippen LogP contribution in [0.5, 0.6) is 5.75 Å². The number of phenolic OH excluding ortho intramolecular Hbond substituents is 1. The average Bonchev–Trinajstić information content (AvgIpc) is 2.38. The van der Waals surface area contributed by atoms with Crippen molar-refractivity contribution in [3.8, 4) is 5.75 Å². The van der Waals surface area contributed by atoms with Crippen LogP contribution >= 0.6 is 11.8 Å². The molecular weight excluding hydrogens is 228 g/mol. The van der Waals surface area contributed by atoms with Crippen LogP contribution in [0, 0.1) is 0 Å². The average molecular weight is 242 g/mol. The zero-order chi connectivity index (χ0) is 11.9. The van der Waals surface area contributed by atoms with E-state index < -0.39 is 0 Å². The lowest BCUT2D eigenvalue weighted by Gasteiger charge is -2.00. The molecule has 0 atom stereocenters. The number of hydrogen-bond acceptors (Lipinski definition) is 2. The number of aromatic hydroxyl groups is 1. The lowest BCUT2D eigenvalue weighted by Crippen LogP contribution is -1.76. The van der Waals surface area contributed by atoms with Crippen LogP contribution in [0.1, 0.15) is 5.56 Å². The van der Waals surface area contributed by atoms with Crippen LogP contribution in [0.3, 0.4) is 0 Å². The van der Waals surface area contributed by atoms with E-state index in [1.165, 1.54) is 5.56 Å². The number of benzene rings is 2. The minimum absolute atomic E-state index is 0.352. The van der Waals surface area contributed by atoms with Gasteiger partial charge in [0.1, 0.15) is 5.75 Å². The molecule has 1 nitrogen and oxygen atoms in total. The summed E-state index contributed by atoms with van der Waals surface area (Å²) in [6.45, 7) is 0. The molecular formula is C15H14OS. The number of phenols is 1. The summed E-state index contributed by atoms with van der Waals surface area (Å²) in [4.78, 5) is 0.921. The second kappa shape index (κ2) is 6.16. The molecule has 86 valence electrons. The normalized spacial score (nSPS) is 10.8. The molecule has 0 bridgehead atoms. The van der Waals surface area contributed by atoms with Crippen LogP contribution in [0.4, 0.5) is 0 Å². The van der Waals surface area contributed by atoms with Crippen LogP contribution in [0.15, 0.2) is 65.6 Å². The molecule has 0 heterocycles. The van der Waals surface area contributed by atoms with Crippen LogP contribution < -0.4 is 0 Å². The summed E-state index contributed by atoms with van der Waals surface area (Å²) in [5.41, 5.74) is 1.20. The van der Waals surface area contributed by atoms with Gasteiger partial charge >= 0.3 is 0 Å². The molecule has 2 aromatic rings. The van der Waals surface area contributed by atoms with Crippen LogP contribution in [-0.4, -0.2) is 10.9 Å². The summed E-state index contributed by atoms with van der Waals surface area (Å²) in [5.74, 6) is 1.21. The first-order chi connectivity index (χ1) is 8.36. The highest BCUT2D eigenvalue weighted by Crippen LogP contribution is 2.27. The maximum Gasteiger partial charge on any atom is 0.129 e. The van der Waals surface area contributed by atoms with Crippen LogP contribution in [-0.2, 0) is 0 Å². The summed E-state index contributed by atoms with van der Waals surface area (Å²) >= 11 is 1.63. The third-order valence-electron chi connectivity index (χ3n) is 2.31. The molecule has 0 fully saturated rings. The largest absolute Gasteiger partial charge is 0.507 e. The van der Waals surface area contributed by atoms with Gasteiger partial charge in [-0.1, -0.05) is 54.6 Å². The Bertz CT molecular complexity index is 491. The number of para-hydroxylation sites is 1. The van der Waals surface area contributed by atoms with Crippen molar-refractivity contribution in [1.82, 2.24) is 0 Å². The van der Waals surface area contributed by atoms with E-state index in [0.717, 1.165) is 10.6 Å². The van der Waals surface area contributed by atoms with E-state index in [1.807, 2.05) is 36.4 Å². The zero-order valence-electron chi connectivity index (χ0n) is 9.41. The van der Waals surface area contributed by atoms with Crippen molar-refractivity contribution in [1.29, 1.82) is 0 Å². The highest BCUT2D eigenvalue weighted by Gasteiger charge is 1.97. The van der Waals surface area contributed by atoms with E-state index in [4.69, 9.17) is 0 Å². The molecule has 0 aromatic heterocycles. The summed E-state index contributed by atoms with van der Waals surface area (Å²) in [6, 6.07) is 17.6. The molecule has 0 saturated heterocycles. The maximum atomic E-state index is 9.58. The first kappa shape index (κ1) is 11.8. The van der Waals surface area contributed by atoms with Crippen molar-refractivity contribution >= 4 is 17.8 Å². The molecule has 0 spiro atoms. The smallest absolute Gasteiger partial charge is 0.129 e. The molecule has 0 radical (unpaired) electrons. The van der Waals surface area contributed by atoms with E-state index in [9.17, 15) is 5.11 Å². The van der Waals surface area contributed by atoms with Crippen molar-refractivity contribution in [2.24, 2.45) is 0 Å². The number of rotatable bonds is 4. The Morgan fingerprint density at radius 3 is 2.41 bits per heavy atom. The number of hydrogen-bond donors (Lipinski definition) is 1. The number of thioether (sulfide) groups is 1. The fourth-order valence-corrected chi connectivity index (χ4v) is 2.23. The zero-order valence-corrected chi connectivity index (χ0v) is 10.2. The Kier molecular flexibility index (Phi) is 4.28. The Morgan fingerprint density at radius 2 is 1.65 bits per heavy atom. The summed E-state index contributed by atoms with van der Waals surface area (Å²) in [6.07, 6.45) is 4.19. The molecule has 0 unspecified atom stereocenters. The van der Waals surface area contributed by atoms with E-state index >= 15 is 0 Å². The first-order valence-corrected chi connectivity index (χ1v) is 6.47. The van der Waals surface area contributed by atoms with Gasteiger partial charge in [-0.25, -0.2) is 0 Å². The van der Waals surface area contributed by atoms with Gasteiger partial charge in [0.2, 0.25) is 0 Å². The van der Waals surface area contributed by atoms with Gasteiger partial charge in [0.15, 0.2) is 0 Å². The highest BCUT2D eigenvalue weighted by atomic mass is 32.2. The van der Waals surface area contributed by atoms with Gasteiger partial charge in [0.25, 0.3) is 0 Å². The summed E-state index contributed by atoms with van der Waals surface area (Å²) in [5, 5.41) is 9.58. The van der Waals surface area contributed by atoms with Crippen molar-refractivity contribution in [3.05, 3.63) is 66.2 Å². The quantitative estimate of drug-likeness (QED) is 0.811. The maximum absolute atomic E-state index is 9.58. The van der Waals surface area contributed by atoms with Crippen molar-refractivity contribution in [3.63, 3.8) is 0 Å². The molecule has 0 amide bonds. The van der Waals surface area contributed by atoms with Gasteiger partial charge in [-0.2, -0.15) is 0 Å². The molecule has 2 heteroatoms. The van der Waals surface area contributed by atoms with E-state index in [-0.39, 0.29) is 0 Å². The molecule has 2 rings (SSSR count). The second-order valence-electron chi connectivity index (χ2n) is 3.59. The SMILES string of the molecule is Oc1ccccc1SCC=Cc1ccccc1. The van der Waals surface area contributed by atoms with Crippen LogP contribution in [0.2, 0.25) is 0 Å². The predicted octanol–water partition coefficient (Wildman–Crippen LogP) is 4.20. The minimum Gasteiger partial charge on any atom is -0.507 e. The van der Waals surface area contributed by atoms with E-state index in [2.05, 4.69) is 24.3 Å². The second-order valence-corrected chi connectivity index (χ2v) is 4.65. The Morgan fingerprint density at radius 1 is 0.941 bits per heavy atom. The lowest BCUT2D eigenvalue weighted by atomic mass is 10.2. The molecule has 0 aliphatic heterocycles. The summed E-state index contributed by atoms with van der Waals surface area (Å²) < 4.78 is 0. The van der Waals surface area contributed by atoms with E-state index in [0.29, 0.717) is 5.75 Å². The summed E-state index contributed by atoms with van der Waals surface area (Å²) in [7, 11) is 0. The van der Waals surface area contributed by atoms with Gasteiger partial charge in [-0.3, -0.25) is 0 Å². The monoisotopic (exact) mass is 242 g/mol. The minimum atomic E-state index is 0.352. The van der Waals surface area contributed by atoms with Gasteiger partial charge in [0, 0.05) is 10.6 Å². The molecule has 0 aliphatic rings. The van der Waals surface area contributed by atoms with Gasteiger partial charge in [0.05, 0.1) is 0 Å². The van der Waals surface area contributed by atoms with Crippen LogP contribution in [0.25, 0.3) is 6.08 Å². The Labute approximate surface area is 106 Å². The molecule has 2 aromatic carbocycles.